The zero-order valence-corrected chi connectivity index (χ0v) is 13.4. The van der Waals surface area contributed by atoms with Crippen LogP contribution in [-0.2, 0) is 16.1 Å². The molecule has 1 aromatic rings. The minimum absolute atomic E-state index is 0.215. The fourth-order valence-electron chi connectivity index (χ4n) is 2.50. The summed E-state index contributed by atoms with van der Waals surface area (Å²) >= 11 is 0. The molecule has 0 aliphatic carbocycles. The third-order valence-electron chi connectivity index (χ3n) is 3.88. The molecule has 0 aromatic heterocycles. The van der Waals surface area contributed by atoms with Crippen molar-refractivity contribution in [2.24, 2.45) is 5.73 Å². The summed E-state index contributed by atoms with van der Waals surface area (Å²) in [6, 6.07) is 7.29. The highest BCUT2D eigenvalue weighted by Crippen LogP contribution is 2.14. The third kappa shape index (κ3) is 5.06. The van der Waals surface area contributed by atoms with Crippen molar-refractivity contribution in [3.05, 3.63) is 29.8 Å². The molecule has 1 saturated heterocycles. The van der Waals surface area contributed by atoms with E-state index in [0.29, 0.717) is 0 Å². The summed E-state index contributed by atoms with van der Waals surface area (Å²) < 4.78 is 4.90. The van der Waals surface area contributed by atoms with E-state index in [9.17, 15) is 4.79 Å². The first-order chi connectivity index (χ1) is 10.6. The standard InChI is InChI=1S/C16H26N4O2/c1-19-6-8-20(9-7-19)11-13-4-3-5-14(10-13)18-16(21)15(17)12-22-2/h3-5,10,15H,6-9,11-12,17H2,1-2H3,(H,18,21). The van der Waals surface area contributed by atoms with Gasteiger partial charge in [0.2, 0.25) is 5.91 Å². The number of nitrogens with one attached hydrogen (secondary N) is 1. The number of rotatable bonds is 6. The molecular formula is C16H26N4O2. The Morgan fingerprint density at radius 3 is 2.77 bits per heavy atom. The molecule has 0 saturated carbocycles. The lowest BCUT2D eigenvalue weighted by molar-refractivity contribution is -0.118. The Bertz CT molecular complexity index is 487. The first-order valence-corrected chi connectivity index (χ1v) is 7.63. The largest absolute Gasteiger partial charge is 0.383 e. The van der Waals surface area contributed by atoms with Gasteiger partial charge in [-0.15, -0.1) is 0 Å². The molecule has 1 atom stereocenters. The first kappa shape index (κ1) is 16.9. The van der Waals surface area contributed by atoms with Crippen LogP contribution in [0.4, 0.5) is 5.69 Å². The van der Waals surface area contributed by atoms with Crippen LogP contribution >= 0.6 is 0 Å². The third-order valence-corrected chi connectivity index (χ3v) is 3.88. The van der Waals surface area contributed by atoms with E-state index in [2.05, 4.69) is 28.2 Å². The van der Waals surface area contributed by atoms with Crippen molar-refractivity contribution < 1.29 is 9.53 Å². The number of likely N-dealkylation sites (N-methyl/N-ethyl adjacent to an activating group) is 1. The number of benzene rings is 1. The van der Waals surface area contributed by atoms with Gasteiger partial charge >= 0.3 is 0 Å². The minimum atomic E-state index is -0.647. The van der Waals surface area contributed by atoms with E-state index in [1.807, 2.05) is 18.2 Å². The number of piperazine rings is 1. The van der Waals surface area contributed by atoms with Crippen molar-refractivity contribution in [2.75, 3.05) is 52.3 Å². The SMILES string of the molecule is COCC(N)C(=O)Nc1cccc(CN2CCN(C)CC2)c1. The zero-order valence-electron chi connectivity index (χ0n) is 13.4. The van der Waals surface area contributed by atoms with Crippen LogP contribution < -0.4 is 11.1 Å². The number of hydrogen-bond donors (Lipinski definition) is 2. The monoisotopic (exact) mass is 306 g/mol. The molecule has 3 N–H and O–H groups in total. The van der Waals surface area contributed by atoms with Crippen molar-refractivity contribution in [3.63, 3.8) is 0 Å². The number of nitrogens with zero attached hydrogens (tertiary/aromatic N) is 2. The molecule has 0 radical (unpaired) electrons. The van der Waals surface area contributed by atoms with Gasteiger partial charge in [0, 0.05) is 45.5 Å². The molecule has 1 aliphatic heterocycles. The number of carbonyl (C=O) groups is 1. The molecule has 0 spiro atoms. The first-order valence-electron chi connectivity index (χ1n) is 7.63. The van der Waals surface area contributed by atoms with Gasteiger partial charge in [0.05, 0.1) is 6.61 Å². The van der Waals surface area contributed by atoms with Crippen LogP contribution in [0.5, 0.6) is 0 Å². The van der Waals surface area contributed by atoms with Crippen molar-refractivity contribution >= 4 is 11.6 Å². The molecule has 22 heavy (non-hydrogen) atoms. The number of hydrogen-bond acceptors (Lipinski definition) is 5. The van der Waals surface area contributed by atoms with E-state index < -0.39 is 6.04 Å². The molecule has 1 aromatic carbocycles. The predicted molar refractivity (Wildman–Crippen MR) is 87.7 cm³/mol. The number of amides is 1. The van der Waals surface area contributed by atoms with E-state index in [1.165, 1.54) is 12.7 Å². The van der Waals surface area contributed by atoms with Crippen LogP contribution in [-0.4, -0.2) is 68.7 Å². The lowest BCUT2D eigenvalue weighted by Gasteiger charge is -2.32. The average Bonchev–Trinajstić information content (AvgIpc) is 2.50. The molecule has 1 amide bonds. The van der Waals surface area contributed by atoms with Crippen LogP contribution in [0.3, 0.4) is 0 Å². The Morgan fingerprint density at radius 2 is 2.09 bits per heavy atom. The van der Waals surface area contributed by atoms with Crippen LogP contribution in [0.1, 0.15) is 5.56 Å². The second-order valence-electron chi connectivity index (χ2n) is 5.83. The predicted octanol–water partition coefficient (Wildman–Crippen LogP) is 0.346. The summed E-state index contributed by atoms with van der Waals surface area (Å²) in [7, 11) is 3.68. The van der Waals surface area contributed by atoms with Gasteiger partial charge in [0.25, 0.3) is 0 Å². The lowest BCUT2D eigenvalue weighted by Crippen LogP contribution is -2.43. The van der Waals surface area contributed by atoms with E-state index >= 15 is 0 Å². The Kier molecular flexibility index (Phi) is 6.33. The quantitative estimate of drug-likeness (QED) is 0.793. The highest BCUT2D eigenvalue weighted by Gasteiger charge is 2.15. The maximum atomic E-state index is 11.9. The molecule has 1 heterocycles. The zero-order chi connectivity index (χ0) is 15.9. The number of carbonyl (C=O) groups excluding carboxylic acids is 1. The molecule has 1 fully saturated rings. The fraction of sp³-hybridized carbons (Fsp3) is 0.562. The molecule has 6 heteroatoms. The van der Waals surface area contributed by atoms with Gasteiger partial charge in [-0.2, -0.15) is 0 Å². The topological polar surface area (TPSA) is 70.8 Å². The Labute approximate surface area is 132 Å². The molecule has 1 unspecified atom stereocenters. The van der Waals surface area contributed by atoms with Gasteiger partial charge in [0.1, 0.15) is 6.04 Å². The summed E-state index contributed by atoms with van der Waals surface area (Å²) in [6.45, 7) is 5.47. The van der Waals surface area contributed by atoms with Gasteiger partial charge in [0.15, 0.2) is 0 Å². The summed E-state index contributed by atoms with van der Waals surface area (Å²) in [5.41, 5.74) is 7.70. The molecule has 2 rings (SSSR count). The van der Waals surface area contributed by atoms with Gasteiger partial charge in [-0.25, -0.2) is 0 Å². The van der Waals surface area contributed by atoms with Crippen LogP contribution in [0.2, 0.25) is 0 Å². The van der Waals surface area contributed by atoms with Gasteiger partial charge in [-0.05, 0) is 24.7 Å². The van der Waals surface area contributed by atoms with Gasteiger partial charge in [-0.1, -0.05) is 12.1 Å². The summed E-state index contributed by atoms with van der Waals surface area (Å²) in [6.07, 6.45) is 0. The Morgan fingerprint density at radius 1 is 1.36 bits per heavy atom. The molecular weight excluding hydrogens is 280 g/mol. The van der Waals surface area contributed by atoms with Crippen LogP contribution in [0.15, 0.2) is 24.3 Å². The van der Waals surface area contributed by atoms with E-state index in [1.54, 1.807) is 0 Å². The van der Waals surface area contributed by atoms with Crippen molar-refractivity contribution in [1.29, 1.82) is 0 Å². The summed E-state index contributed by atoms with van der Waals surface area (Å²) in [4.78, 5) is 16.7. The van der Waals surface area contributed by atoms with E-state index in [4.69, 9.17) is 10.5 Å². The Balaban J connectivity index is 1.91. The number of methoxy groups -OCH3 is 1. The lowest BCUT2D eigenvalue weighted by atomic mass is 10.1. The average molecular weight is 306 g/mol. The smallest absolute Gasteiger partial charge is 0.243 e. The van der Waals surface area contributed by atoms with Crippen molar-refractivity contribution in [2.45, 2.75) is 12.6 Å². The fourth-order valence-corrected chi connectivity index (χ4v) is 2.50. The summed E-state index contributed by atoms with van der Waals surface area (Å²) in [5, 5.41) is 2.84. The second-order valence-corrected chi connectivity index (χ2v) is 5.83. The van der Waals surface area contributed by atoms with Crippen LogP contribution in [0.25, 0.3) is 0 Å². The highest BCUT2D eigenvalue weighted by molar-refractivity contribution is 5.94. The molecule has 0 bridgehead atoms. The highest BCUT2D eigenvalue weighted by atomic mass is 16.5. The molecule has 122 valence electrons. The molecule has 1 aliphatic rings. The number of ether oxygens (including phenoxy) is 1. The maximum absolute atomic E-state index is 11.9. The van der Waals surface area contributed by atoms with Crippen molar-refractivity contribution in [1.82, 2.24) is 9.80 Å². The second kappa shape index (κ2) is 8.24. The van der Waals surface area contributed by atoms with Crippen molar-refractivity contribution in [3.8, 4) is 0 Å². The minimum Gasteiger partial charge on any atom is -0.383 e. The van der Waals surface area contributed by atoms with E-state index in [-0.39, 0.29) is 12.5 Å². The summed E-state index contributed by atoms with van der Waals surface area (Å²) in [5.74, 6) is -0.224. The number of anilines is 1. The Hall–Kier alpha value is -1.47. The number of nitrogens with two attached hydrogens (primary N) is 1. The van der Waals surface area contributed by atoms with E-state index in [0.717, 1.165) is 38.4 Å². The van der Waals surface area contributed by atoms with Gasteiger partial charge in [-0.3, -0.25) is 9.69 Å². The molecule has 6 nitrogen and oxygen atoms in total. The van der Waals surface area contributed by atoms with Gasteiger partial charge < -0.3 is 20.7 Å². The van der Waals surface area contributed by atoms with Crippen LogP contribution in [0, 0.1) is 0 Å². The maximum Gasteiger partial charge on any atom is 0.243 e. The normalized spacial score (nSPS) is 18.1.